The second kappa shape index (κ2) is 5.52. The van der Waals surface area contributed by atoms with Crippen LogP contribution in [-0.4, -0.2) is 0 Å². The molecule has 0 saturated heterocycles. The van der Waals surface area contributed by atoms with E-state index in [1.807, 2.05) is 54.6 Å². The maximum Gasteiger partial charge on any atom is 0.0991 e. The lowest BCUT2D eigenvalue weighted by atomic mass is 9.98. The third-order valence-electron chi connectivity index (χ3n) is 3.45. The van der Waals surface area contributed by atoms with Gasteiger partial charge in [0.1, 0.15) is 0 Å². The highest BCUT2D eigenvalue weighted by molar-refractivity contribution is 5.73. The van der Waals surface area contributed by atoms with E-state index < -0.39 is 0 Å². The Labute approximate surface area is 124 Å². The zero-order chi connectivity index (χ0) is 14.7. The number of nitrogens with zero attached hydrogens (tertiary/aromatic N) is 1. The summed E-state index contributed by atoms with van der Waals surface area (Å²) in [7, 11) is 0. The van der Waals surface area contributed by atoms with Crippen LogP contribution in [-0.2, 0) is 0 Å². The highest BCUT2D eigenvalue weighted by atomic mass is 14.5. The number of hydrogen-bond donors (Lipinski definition) is 1. The quantitative estimate of drug-likeness (QED) is 0.698. The van der Waals surface area contributed by atoms with Crippen molar-refractivity contribution in [2.45, 2.75) is 0 Å². The van der Waals surface area contributed by atoms with Crippen molar-refractivity contribution in [3.8, 4) is 28.3 Å². The average Bonchev–Trinajstić information content (AvgIpc) is 2.56. The maximum atomic E-state index is 8.85. The summed E-state index contributed by atoms with van der Waals surface area (Å²) in [6.07, 6.45) is 0. The summed E-state index contributed by atoms with van der Waals surface area (Å²) in [6, 6.07) is 26.0. The van der Waals surface area contributed by atoms with Crippen molar-refractivity contribution in [1.29, 1.82) is 5.26 Å². The van der Waals surface area contributed by atoms with Gasteiger partial charge in [0.25, 0.3) is 0 Å². The Kier molecular flexibility index (Phi) is 3.41. The third-order valence-corrected chi connectivity index (χ3v) is 3.45. The van der Waals surface area contributed by atoms with Gasteiger partial charge in [0.05, 0.1) is 11.6 Å². The van der Waals surface area contributed by atoms with E-state index in [1.165, 1.54) is 0 Å². The molecule has 0 unspecified atom stereocenters. The molecule has 0 aliphatic heterocycles. The van der Waals surface area contributed by atoms with Crippen molar-refractivity contribution in [3.05, 3.63) is 78.4 Å². The van der Waals surface area contributed by atoms with E-state index >= 15 is 0 Å². The monoisotopic (exact) mass is 270 g/mol. The molecule has 0 heterocycles. The fraction of sp³-hybridized carbons (Fsp3) is 0. The number of nitriles is 1. The number of anilines is 1. The zero-order valence-corrected chi connectivity index (χ0v) is 11.5. The van der Waals surface area contributed by atoms with Crippen molar-refractivity contribution in [3.63, 3.8) is 0 Å². The van der Waals surface area contributed by atoms with Crippen LogP contribution in [0.1, 0.15) is 5.56 Å². The Morgan fingerprint density at radius 2 is 1.19 bits per heavy atom. The topological polar surface area (TPSA) is 49.8 Å². The van der Waals surface area contributed by atoms with Gasteiger partial charge in [0, 0.05) is 5.69 Å². The van der Waals surface area contributed by atoms with E-state index in [9.17, 15) is 0 Å². The minimum absolute atomic E-state index is 0.674. The predicted octanol–water partition coefficient (Wildman–Crippen LogP) is 4.47. The fourth-order valence-corrected chi connectivity index (χ4v) is 2.29. The summed E-state index contributed by atoms with van der Waals surface area (Å²) in [5, 5.41) is 8.85. The minimum atomic E-state index is 0.674. The largest absolute Gasteiger partial charge is 0.399 e. The highest BCUT2D eigenvalue weighted by Crippen LogP contribution is 2.27. The van der Waals surface area contributed by atoms with Crippen molar-refractivity contribution >= 4 is 5.69 Å². The summed E-state index contributed by atoms with van der Waals surface area (Å²) in [5.74, 6) is 0. The highest BCUT2D eigenvalue weighted by Gasteiger charge is 2.02. The van der Waals surface area contributed by atoms with Gasteiger partial charge in [0.2, 0.25) is 0 Å². The molecule has 0 saturated carbocycles. The number of rotatable bonds is 2. The summed E-state index contributed by atoms with van der Waals surface area (Å²) in [5.41, 5.74) is 11.7. The molecule has 0 aromatic heterocycles. The normalized spacial score (nSPS) is 10.0. The van der Waals surface area contributed by atoms with E-state index in [0.29, 0.717) is 5.56 Å². The Morgan fingerprint density at radius 3 is 1.71 bits per heavy atom. The van der Waals surface area contributed by atoms with Crippen LogP contribution in [0.25, 0.3) is 22.3 Å². The van der Waals surface area contributed by atoms with Gasteiger partial charge in [-0.15, -0.1) is 0 Å². The Morgan fingerprint density at radius 1 is 0.667 bits per heavy atom. The van der Waals surface area contributed by atoms with Crippen LogP contribution in [0, 0.1) is 11.3 Å². The van der Waals surface area contributed by atoms with Crippen LogP contribution in [0.5, 0.6) is 0 Å². The number of nitrogen functional groups attached to an aromatic ring is 1. The molecule has 3 aromatic rings. The summed E-state index contributed by atoms with van der Waals surface area (Å²) in [4.78, 5) is 0. The SMILES string of the molecule is N#Cc1ccc(-c2cccc(-c3ccc(N)cc3)c2)cc1. The number of nitrogens with two attached hydrogens (primary N) is 1. The van der Waals surface area contributed by atoms with Crippen LogP contribution < -0.4 is 5.73 Å². The predicted molar refractivity (Wildman–Crippen MR) is 86.4 cm³/mol. The first-order valence-corrected chi connectivity index (χ1v) is 6.73. The van der Waals surface area contributed by atoms with Crippen LogP contribution in [0.2, 0.25) is 0 Å². The number of benzene rings is 3. The van der Waals surface area contributed by atoms with Crippen LogP contribution in [0.4, 0.5) is 5.69 Å². The van der Waals surface area contributed by atoms with Gasteiger partial charge in [-0.3, -0.25) is 0 Å². The molecule has 0 aliphatic carbocycles. The van der Waals surface area contributed by atoms with E-state index in [0.717, 1.165) is 27.9 Å². The molecule has 2 heteroatoms. The van der Waals surface area contributed by atoms with Gasteiger partial charge in [0.15, 0.2) is 0 Å². The van der Waals surface area contributed by atoms with Gasteiger partial charge >= 0.3 is 0 Å². The Balaban J connectivity index is 1.99. The molecule has 2 N–H and O–H groups in total. The standard InChI is InChI=1S/C19H14N2/c20-13-14-4-6-15(7-5-14)17-2-1-3-18(12-17)16-8-10-19(21)11-9-16/h1-12H,21H2. The van der Waals surface area contributed by atoms with Gasteiger partial charge in [-0.05, 0) is 52.6 Å². The van der Waals surface area contributed by atoms with Gasteiger partial charge in [-0.1, -0.05) is 42.5 Å². The van der Waals surface area contributed by atoms with E-state index in [4.69, 9.17) is 11.0 Å². The van der Waals surface area contributed by atoms with E-state index in [1.54, 1.807) is 0 Å². The van der Waals surface area contributed by atoms with Gasteiger partial charge < -0.3 is 5.73 Å². The minimum Gasteiger partial charge on any atom is -0.399 e. The van der Waals surface area contributed by atoms with Crippen LogP contribution in [0.3, 0.4) is 0 Å². The smallest absolute Gasteiger partial charge is 0.0991 e. The fourth-order valence-electron chi connectivity index (χ4n) is 2.29. The van der Waals surface area contributed by atoms with Crippen LogP contribution in [0.15, 0.2) is 72.8 Å². The lowest BCUT2D eigenvalue weighted by Crippen LogP contribution is -1.85. The van der Waals surface area contributed by atoms with Crippen molar-refractivity contribution < 1.29 is 0 Å². The second-order valence-electron chi connectivity index (χ2n) is 4.89. The molecule has 0 radical (unpaired) electrons. The molecule has 0 atom stereocenters. The van der Waals surface area contributed by atoms with Crippen molar-refractivity contribution in [2.75, 3.05) is 5.73 Å². The van der Waals surface area contributed by atoms with Crippen molar-refractivity contribution in [1.82, 2.24) is 0 Å². The van der Waals surface area contributed by atoms with Crippen molar-refractivity contribution in [2.24, 2.45) is 0 Å². The van der Waals surface area contributed by atoms with E-state index in [2.05, 4.69) is 24.3 Å². The summed E-state index contributed by atoms with van der Waals surface area (Å²) < 4.78 is 0. The molecule has 0 aliphatic rings. The molecule has 3 aromatic carbocycles. The zero-order valence-electron chi connectivity index (χ0n) is 11.5. The maximum absolute atomic E-state index is 8.85. The summed E-state index contributed by atoms with van der Waals surface area (Å²) in [6.45, 7) is 0. The third kappa shape index (κ3) is 2.77. The van der Waals surface area contributed by atoms with E-state index in [-0.39, 0.29) is 0 Å². The first-order chi connectivity index (χ1) is 10.3. The van der Waals surface area contributed by atoms with Gasteiger partial charge in [-0.2, -0.15) is 5.26 Å². The molecule has 0 fully saturated rings. The molecule has 0 amide bonds. The molecule has 100 valence electrons. The lowest BCUT2D eigenvalue weighted by Gasteiger charge is -2.06. The molecular formula is C19H14N2. The van der Waals surface area contributed by atoms with Gasteiger partial charge in [-0.25, -0.2) is 0 Å². The lowest BCUT2D eigenvalue weighted by molar-refractivity contribution is 1.48. The first-order valence-electron chi connectivity index (χ1n) is 6.73. The first kappa shape index (κ1) is 13.0. The molecule has 3 rings (SSSR count). The molecule has 21 heavy (non-hydrogen) atoms. The Hall–Kier alpha value is -3.05. The van der Waals surface area contributed by atoms with Crippen LogP contribution >= 0.6 is 0 Å². The molecule has 0 bridgehead atoms. The average molecular weight is 270 g/mol. The molecular weight excluding hydrogens is 256 g/mol. The molecule has 2 nitrogen and oxygen atoms in total. The Bertz CT molecular complexity index is 794. The second-order valence-corrected chi connectivity index (χ2v) is 4.89. The molecule has 0 spiro atoms. The summed E-state index contributed by atoms with van der Waals surface area (Å²) >= 11 is 0. The number of hydrogen-bond acceptors (Lipinski definition) is 2.